The average molecular weight is 230 g/mol. The number of fused-ring (bicyclic) bond motifs is 1. The Balaban J connectivity index is 2.62. The van der Waals surface area contributed by atoms with Gasteiger partial charge < -0.3 is 5.21 Å². The molecule has 0 aliphatic heterocycles. The highest BCUT2D eigenvalue weighted by atomic mass is 32.2. The molecule has 0 fully saturated rings. The van der Waals surface area contributed by atoms with E-state index in [1.165, 1.54) is 18.2 Å². The largest absolute Gasteiger partial charge is 0.410 e. The van der Waals surface area contributed by atoms with Gasteiger partial charge in [0.15, 0.2) is 0 Å². The predicted molar refractivity (Wildman–Crippen MR) is 49.9 cm³/mol. The van der Waals surface area contributed by atoms with Gasteiger partial charge >= 0.3 is 10.3 Å². The molecule has 0 saturated heterocycles. The minimum atomic E-state index is -4.37. The van der Waals surface area contributed by atoms with Crippen molar-refractivity contribution in [1.82, 2.24) is 15.2 Å². The SMILES string of the molecule is O=S(=O)(O)Nc1cccc2c1nnn2O. The van der Waals surface area contributed by atoms with Gasteiger partial charge in [0, 0.05) is 0 Å². The van der Waals surface area contributed by atoms with E-state index in [4.69, 9.17) is 9.76 Å². The molecule has 0 spiro atoms. The fourth-order valence-electron chi connectivity index (χ4n) is 1.15. The Hall–Kier alpha value is -1.87. The Morgan fingerprint density at radius 1 is 1.40 bits per heavy atom. The maximum absolute atomic E-state index is 10.6. The fourth-order valence-corrected chi connectivity index (χ4v) is 1.60. The van der Waals surface area contributed by atoms with E-state index in [1.54, 1.807) is 0 Å². The van der Waals surface area contributed by atoms with Crippen LogP contribution in [-0.4, -0.2) is 33.3 Å². The van der Waals surface area contributed by atoms with Crippen molar-refractivity contribution in [1.29, 1.82) is 0 Å². The van der Waals surface area contributed by atoms with E-state index in [9.17, 15) is 8.42 Å². The lowest BCUT2D eigenvalue weighted by atomic mass is 10.3. The van der Waals surface area contributed by atoms with Gasteiger partial charge in [-0.25, -0.2) is 0 Å². The van der Waals surface area contributed by atoms with Crippen LogP contribution in [0.25, 0.3) is 11.0 Å². The molecule has 15 heavy (non-hydrogen) atoms. The van der Waals surface area contributed by atoms with Crippen LogP contribution in [0.5, 0.6) is 0 Å². The molecule has 1 aromatic heterocycles. The number of benzene rings is 1. The molecule has 80 valence electrons. The van der Waals surface area contributed by atoms with Crippen molar-refractivity contribution in [2.45, 2.75) is 0 Å². The van der Waals surface area contributed by atoms with E-state index in [2.05, 4.69) is 10.3 Å². The summed E-state index contributed by atoms with van der Waals surface area (Å²) < 4.78 is 31.6. The van der Waals surface area contributed by atoms with Gasteiger partial charge in [0.05, 0.1) is 5.69 Å². The minimum absolute atomic E-state index is 0.0373. The third-order valence-electron chi connectivity index (χ3n) is 1.70. The normalized spacial score (nSPS) is 11.8. The quantitative estimate of drug-likeness (QED) is 0.489. The van der Waals surface area contributed by atoms with Crippen LogP contribution < -0.4 is 4.72 Å². The summed E-state index contributed by atoms with van der Waals surface area (Å²) in [5.74, 6) is 0. The molecule has 0 saturated carbocycles. The van der Waals surface area contributed by atoms with Crippen LogP contribution in [0.15, 0.2) is 18.2 Å². The molecule has 8 nitrogen and oxygen atoms in total. The maximum Gasteiger partial charge on any atom is 0.357 e. The van der Waals surface area contributed by atoms with Gasteiger partial charge in [0.25, 0.3) is 0 Å². The number of anilines is 1. The third kappa shape index (κ3) is 1.82. The summed E-state index contributed by atoms with van der Waals surface area (Å²) in [5, 5.41) is 16.0. The topological polar surface area (TPSA) is 117 Å². The average Bonchev–Trinajstić information content (AvgIpc) is 2.47. The lowest BCUT2D eigenvalue weighted by Crippen LogP contribution is -2.10. The summed E-state index contributed by atoms with van der Waals surface area (Å²) in [4.78, 5) is 0.504. The summed E-state index contributed by atoms with van der Waals surface area (Å²) in [7, 11) is -4.37. The van der Waals surface area contributed by atoms with Crippen molar-refractivity contribution < 1.29 is 18.2 Å². The number of rotatable bonds is 2. The van der Waals surface area contributed by atoms with Crippen LogP contribution >= 0.6 is 0 Å². The summed E-state index contributed by atoms with van der Waals surface area (Å²) in [6.07, 6.45) is 0. The lowest BCUT2D eigenvalue weighted by Gasteiger charge is -2.01. The van der Waals surface area contributed by atoms with Crippen molar-refractivity contribution in [3.05, 3.63) is 18.2 Å². The lowest BCUT2D eigenvalue weighted by molar-refractivity contribution is 0.155. The third-order valence-corrected chi connectivity index (χ3v) is 2.18. The zero-order valence-electron chi connectivity index (χ0n) is 7.19. The highest BCUT2D eigenvalue weighted by Gasteiger charge is 2.11. The number of hydrogen-bond acceptors (Lipinski definition) is 5. The Bertz CT molecular complexity index is 605. The molecular formula is C6H6N4O4S. The zero-order chi connectivity index (χ0) is 11.1. The molecule has 1 aromatic carbocycles. The smallest absolute Gasteiger partial charge is 0.357 e. The summed E-state index contributed by atoms with van der Waals surface area (Å²) >= 11 is 0. The van der Waals surface area contributed by atoms with Gasteiger partial charge in [-0.15, -0.1) is 5.10 Å². The van der Waals surface area contributed by atoms with Crippen LogP contribution in [-0.2, 0) is 10.3 Å². The van der Waals surface area contributed by atoms with Gasteiger partial charge in [-0.3, -0.25) is 9.27 Å². The van der Waals surface area contributed by atoms with Gasteiger partial charge in [-0.2, -0.15) is 8.42 Å². The second-order valence-corrected chi connectivity index (χ2v) is 3.88. The molecule has 3 N–H and O–H groups in total. The Labute approximate surface area is 84.0 Å². The fraction of sp³-hybridized carbons (Fsp3) is 0. The van der Waals surface area contributed by atoms with E-state index in [0.717, 1.165) is 0 Å². The molecule has 2 aromatic rings. The second-order valence-electron chi connectivity index (χ2n) is 2.73. The first-order valence-electron chi connectivity index (χ1n) is 3.76. The molecule has 0 unspecified atom stereocenters. The first-order chi connectivity index (χ1) is 6.97. The number of nitrogens with one attached hydrogen (secondary N) is 1. The molecule has 2 rings (SSSR count). The second kappa shape index (κ2) is 3.07. The molecule has 9 heteroatoms. The standard InChI is InChI=1S/C6H6N4O4S/c11-10-5-3-1-2-4(6(5)7-9-10)8-15(12,13)14/h1-3,8,11H,(H,12,13,14). The van der Waals surface area contributed by atoms with Crippen molar-refractivity contribution in [3.63, 3.8) is 0 Å². The van der Waals surface area contributed by atoms with Crippen molar-refractivity contribution >= 4 is 27.0 Å². The minimum Gasteiger partial charge on any atom is -0.410 e. The molecule has 0 bridgehead atoms. The molecule has 0 radical (unpaired) electrons. The molecular weight excluding hydrogens is 224 g/mol. The molecule has 0 aliphatic rings. The van der Waals surface area contributed by atoms with Gasteiger partial charge in [0.1, 0.15) is 11.0 Å². The Kier molecular flexibility index (Phi) is 1.98. The zero-order valence-corrected chi connectivity index (χ0v) is 8.01. The first kappa shape index (κ1) is 9.68. The van der Waals surface area contributed by atoms with Crippen LogP contribution in [0, 0.1) is 0 Å². The van der Waals surface area contributed by atoms with Crippen molar-refractivity contribution in [2.24, 2.45) is 0 Å². The monoisotopic (exact) mass is 230 g/mol. The first-order valence-corrected chi connectivity index (χ1v) is 5.20. The summed E-state index contributed by atoms with van der Waals surface area (Å²) in [6.45, 7) is 0. The molecule has 0 aliphatic carbocycles. The van der Waals surface area contributed by atoms with E-state index >= 15 is 0 Å². The number of hydrogen-bond donors (Lipinski definition) is 3. The van der Waals surface area contributed by atoms with Crippen molar-refractivity contribution in [2.75, 3.05) is 4.72 Å². The maximum atomic E-state index is 10.6. The van der Waals surface area contributed by atoms with E-state index in [-0.39, 0.29) is 16.7 Å². The Morgan fingerprint density at radius 3 is 2.80 bits per heavy atom. The summed E-state index contributed by atoms with van der Waals surface area (Å²) in [6, 6.07) is 4.35. The van der Waals surface area contributed by atoms with E-state index in [1.807, 2.05) is 4.72 Å². The molecule has 0 atom stereocenters. The van der Waals surface area contributed by atoms with Gasteiger partial charge in [-0.1, -0.05) is 10.9 Å². The predicted octanol–water partition coefficient (Wildman–Crippen LogP) is -0.117. The highest BCUT2D eigenvalue weighted by molar-refractivity contribution is 7.87. The highest BCUT2D eigenvalue weighted by Crippen LogP contribution is 2.20. The molecule has 0 amide bonds. The van der Waals surface area contributed by atoms with Gasteiger partial charge in [0.2, 0.25) is 0 Å². The van der Waals surface area contributed by atoms with Crippen LogP contribution in [0.2, 0.25) is 0 Å². The van der Waals surface area contributed by atoms with Crippen molar-refractivity contribution in [3.8, 4) is 0 Å². The number of nitrogens with zero attached hydrogens (tertiary/aromatic N) is 3. The Morgan fingerprint density at radius 2 is 2.13 bits per heavy atom. The van der Waals surface area contributed by atoms with Crippen LogP contribution in [0.1, 0.15) is 0 Å². The van der Waals surface area contributed by atoms with Crippen LogP contribution in [0.4, 0.5) is 5.69 Å². The molecule has 1 heterocycles. The van der Waals surface area contributed by atoms with Gasteiger partial charge in [-0.05, 0) is 17.3 Å². The number of aromatic nitrogens is 3. The van der Waals surface area contributed by atoms with E-state index in [0.29, 0.717) is 4.85 Å². The van der Waals surface area contributed by atoms with Crippen LogP contribution in [0.3, 0.4) is 0 Å². The summed E-state index contributed by atoms with van der Waals surface area (Å²) in [5.41, 5.74) is 0.400. The van der Waals surface area contributed by atoms with E-state index < -0.39 is 10.3 Å².